The average Bonchev–Trinajstić information content (AvgIpc) is 2.97. The first-order valence-electron chi connectivity index (χ1n) is 6.95. The fourth-order valence-corrected chi connectivity index (χ4v) is 2.09. The molecule has 2 aromatic rings. The first-order chi connectivity index (χ1) is 10.1. The molecule has 0 atom stereocenters. The van der Waals surface area contributed by atoms with Gasteiger partial charge in [0.05, 0.1) is 6.54 Å². The SMILES string of the molecule is C=C(C)CN(CC)C(=O)c1ccc(Cn2cncn2)cc1. The minimum atomic E-state index is 0.0350. The number of carbonyl (C=O) groups excluding carboxylic acids is 1. The number of aromatic nitrogens is 3. The number of hydrogen-bond donors (Lipinski definition) is 0. The Morgan fingerprint density at radius 2 is 2.05 bits per heavy atom. The molecular formula is C16H20N4O. The lowest BCUT2D eigenvalue weighted by Crippen LogP contribution is -2.32. The summed E-state index contributed by atoms with van der Waals surface area (Å²) in [6.07, 6.45) is 3.18. The second-order valence-corrected chi connectivity index (χ2v) is 5.07. The summed E-state index contributed by atoms with van der Waals surface area (Å²) in [4.78, 5) is 18.1. The number of benzene rings is 1. The second-order valence-electron chi connectivity index (χ2n) is 5.07. The van der Waals surface area contributed by atoms with Crippen LogP contribution < -0.4 is 0 Å². The summed E-state index contributed by atoms with van der Waals surface area (Å²) in [6.45, 7) is 9.68. The van der Waals surface area contributed by atoms with E-state index in [1.807, 2.05) is 38.1 Å². The molecule has 0 saturated carbocycles. The highest BCUT2D eigenvalue weighted by molar-refractivity contribution is 5.94. The largest absolute Gasteiger partial charge is 0.335 e. The predicted octanol–water partition coefficient (Wildman–Crippen LogP) is 2.36. The van der Waals surface area contributed by atoms with E-state index in [-0.39, 0.29) is 5.91 Å². The van der Waals surface area contributed by atoms with Crippen molar-refractivity contribution < 1.29 is 4.79 Å². The van der Waals surface area contributed by atoms with Gasteiger partial charge in [-0.05, 0) is 31.5 Å². The van der Waals surface area contributed by atoms with Gasteiger partial charge in [0.2, 0.25) is 0 Å². The first-order valence-corrected chi connectivity index (χ1v) is 6.95. The molecule has 0 radical (unpaired) electrons. The number of amides is 1. The van der Waals surface area contributed by atoms with Crippen LogP contribution >= 0.6 is 0 Å². The van der Waals surface area contributed by atoms with Gasteiger partial charge in [-0.2, -0.15) is 5.10 Å². The number of likely N-dealkylation sites (N-methyl/N-ethyl adjacent to an activating group) is 1. The molecule has 0 spiro atoms. The Balaban J connectivity index is 2.07. The van der Waals surface area contributed by atoms with Crippen molar-refractivity contribution in [2.75, 3.05) is 13.1 Å². The number of hydrogen-bond acceptors (Lipinski definition) is 3. The van der Waals surface area contributed by atoms with Crippen molar-refractivity contribution in [3.05, 3.63) is 60.2 Å². The molecule has 1 heterocycles. The summed E-state index contributed by atoms with van der Waals surface area (Å²) < 4.78 is 1.75. The highest BCUT2D eigenvalue weighted by atomic mass is 16.2. The van der Waals surface area contributed by atoms with E-state index in [9.17, 15) is 4.79 Å². The second kappa shape index (κ2) is 6.83. The molecule has 5 heteroatoms. The summed E-state index contributed by atoms with van der Waals surface area (Å²) in [5, 5.41) is 4.06. The maximum atomic E-state index is 12.4. The molecular weight excluding hydrogens is 264 g/mol. The van der Waals surface area contributed by atoms with Crippen molar-refractivity contribution in [1.29, 1.82) is 0 Å². The Hall–Kier alpha value is -2.43. The highest BCUT2D eigenvalue weighted by Gasteiger charge is 2.13. The van der Waals surface area contributed by atoms with E-state index in [0.717, 1.165) is 11.1 Å². The van der Waals surface area contributed by atoms with Crippen LogP contribution in [-0.2, 0) is 6.54 Å². The smallest absolute Gasteiger partial charge is 0.254 e. The third-order valence-corrected chi connectivity index (χ3v) is 3.14. The number of carbonyl (C=O) groups is 1. The first kappa shape index (κ1) is 15.0. The molecule has 21 heavy (non-hydrogen) atoms. The van der Waals surface area contributed by atoms with Crippen molar-refractivity contribution in [1.82, 2.24) is 19.7 Å². The molecule has 0 N–H and O–H groups in total. The zero-order valence-electron chi connectivity index (χ0n) is 12.5. The zero-order chi connectivity index (χ0) is 15.2. The average molecular weight is 284 g/mol. The van der Waals surface area contributed by atoms with E-state index in [4.69, 9.17) is 0 Å². The van der Waals surface area contributed by atoms with Crippen molar-refractivity contribution in [2.45, 2.75) is 20.4 Å². The fraction of sp³-hybridized carbons (Fsp3) is 0.312. The van der Waals surface area contributed by atoms with Crippen molar-refractivity contribution in [3.63, 3.8) is 0 Å². The number of rotatable bonds is 6. The van der Waals surface area contributed by atoms with Gasteiger partial charge in [0.15, 0.2) is 0 Å². The van der Waals surface area contributed by atoms with Crippen LogP contribution in [0.15, 0.2) is 49.1 Å². The fourth-order valence-electron chi connectivity index (χ4n) is 2.09. The molecule has 0 aliphatic heterocycles. The van der Waals surface area contributed by atoms with Crippen LogP contribution in [0.2, 0.25) is 0 Å². The number of nitrogens with zero attached hydrogens (tertiary/aromatic N) is 4. The van der Waals surface area contributed by atoms with Gasteiger partial charge in [-0.15, -0.1) is 0 Å². The van der Waals surface area contributed by atoms with Crippen LogP contribution in [0.25, 0.3) is 0 Å². The van der Waals surface area contributed by atoms with Gasteiger partial charge in [-0.25, -0.2) is 9.67 Å². The summed E-state index contributed by atoms with van der Waals surface area (Å²) in [5.74, 6) is 0.0350. The summed E-state index contributed by atoms with van der Waals surface area (Å²) >= 11 is 0. The molecule has 1 aromatic carbocycles. The van der Waals surface area contributed by atoms with E-state index in [2.05, 4.69) is 16.7 Å². The molecule has 2 rings (SSSR count). The maximum Gasteiger partial charge on any atom is 0.254 e. The van der Waals surface area contributed by atoms with Crippen molar-refractivity contribution in [2.24, 2.45) is 0 Å². The maximum absolute atomic E-state index is 12.4. The van der Waals surface area contributed by atoms with Gasteiger partial charge in [-0.3, -0.25) is 4.79 Å². The van der Waals surface area contributed by atoms with Gasteiger partial charge in [0, 0.05) is 18.7 Å². The molecule has 0 unspecified atom stereocenters. The van der Waals surface area contributed by atoms with E-state index in [0.29, 0.717) is 25.2 Å². The van der Waals surface area contributed by atoms with Gasteiger partial charge < -0.3 is 4.90 Å². The lowest BCUT2D eigenvalue weighted by molar-refractivity contribution is 0.0778. The molecule has 110 valence electrons. The van der Waals surface area contributed by atoms with E-state index < -0.39 is 0 Å². The molecule has 0 aliphatic rings. The standard InChI is InChI=1S/C16H20N4O/c1-4-19(9-13(2)3)16(21)15-7-5-14(6-8-15)10-20-12-17-11-18-20/h5-8,11-12H,2,4,9-10H2,1,3H3. The van der Waals surface area contributed by atoms with Crippen LogP contribution in [0.5, 0.6) is 0 Å². The summed E-state index contributed by atoms with van der Waals surface area (Å²) in [7, 11) is 0. The lowest BCUT2D eigenvalue weighted by Gasteiger charge is -2.21. The molecule has 0 saturated heterocycles. The lowest BCUT2D eigenvalue weighted by atomic mass is 10.1. The van der Waals surface area contributed by atoms with Crippen LogP contribution in [0.3, 0.4) is 0 Å². The van der Waals surface area contributed by atoms with Crippen LogP contribution in [0.4, 0.5) is 0 Å². The Morgan fingerprint density at radius 1 is 1.33 bits per heavy atom. The third kappa shape index (κ3) is 4.02. The minimum Gasteiger partial charge on any atom is -0.335 e. The van der Waals surface area contributed by atoms with Crippen LogP contribution in [0, 0.1) is 0 Å². The summed E-state index contributed by atoms with van der Waals surface area (Å²) in [6, 6.07) is 7.61. The van der Waals surface area contributed by atoms with Gasteiger partial charge in [-0.1, -0.05) is 24.3 Å². The Morgan fingerprint density at radius 3 is 2.57 bits per heavy atom. The third-order valence-electron chi connectivity index (χ3n) is 3.14. The molecule has 0 aliphatic carbocycles. The topological polar surface area (TPSA) is 51.0 Å². The molecule has 5 nitrogen and oxygen atoms in total. The Labute approximate surface area is 124 Å². The highest BCUT2D eigenvalue weighted by Crippen LogP contribution is 2.10. The Bertz CT molecular complexity index is 602. The predicted molar refractivity (Wildman–Crippen MR) is 82.0 cm³/mol. The van der Waals surface area contributed by atoms with Gasteiger partial charge >= 0.3 is 0 Å². The van der Waals surface area contributed by atoms with Crippen LogP contribution in [0.1, 0.15) is 29.8 Å². The summed E-state index contributed by atoms with van der Waals surface area (Å²) in [5.41, 5.74) is 2.76. The van der Waals surface area contributed by atoms with Gasteiger partial charge in [0.1, 0.15) is 12.7 Å². The molecule has 0 fully saturated rings. The van der Waals surface area contributed by atoms with E-state index in [1.165, 1.54) is 6.33 Å². The quantitative estimate of drug-likeness (QED) is 0.765. The van der Waals surface area contributed by atoms with Crippen molar-refractivity contribution >= 4 is 5.91 Å². The Kier molecular flexibility index (Phi) is 4.87. The monoisotopic (exact) mass is 284 g/mol. The van der Waals surface area contributed by atoms with E-state index in [1.54, 1.807) is 15.9 Å². The normalized spacial score (nSPS) is 10.4. The molecule has 1 aromatic heterocycles. The zero-order valence-corrected chi connectivity index (χ0v) is 12.5. The van der Waals surface area contributed by atoms with Gasteiger partial charge in [0.25, 0.3) is 5.91 Å². The molecule has 1 amide bonds. The van der Waals surface area contributed by atoms with Crippen LogP contribution in [-0.4, -0.2) is 38.7 Å². The minimum absolute atomic E-state index is 0.0350. The van der Waals surface area contributed by atoms with Crippen molar-refractivity contribution in [3.8, 4) is 0 Å². The molecule has 0 bridgehead atoms. The van der Waals surface area contributed by atoms with E-state index >= 15 is 0 Å².